The van der Waals surface area contributed by atoms with E-state index in [2.05, 4.69) is 17.6 Å². The summed E-state index contributed by atoms with van der Waals surface area (Å²) < 4.78 is 1.24. The van der Waals surface area contributed by atoms with E-state index in [4.69, 9.17) is 0 Å². The molecule has 0 fully saturated rings. The van der Waals surface area contributed by atoms with Crippen LogP contribution in [-0.4, -0.2) is 15.3 Å². The molecule has 0 aliphatic carbocycles. The van der Waals surface area contributed by atoms with Crippen molar-refractivity contribution in [3.63, 3.8) is 0 Å². The van der Waals surface area contributed by atoms with Gasteiger partial charge in [-0.25, -0.2) is 4.79 Å². The molecule has 1 N–H and O–H groups in total. The number of fused-ring (bicyclic) bond motifs is 1. The van der Waals surface area contributed by atoms with Crippen molar-refractivity contribution in [1.29, 1.82) is 0 Å². The van der Waals surface area contributed by atoms with Crippen LogP contribution in [0.25, 0.3) is 10.9 Å². The lowest BCUT2D eigenvalue weighted by Gasteiger charge is -2.10. The SMILES string of the molecule is CC(CS)Cn1c(=O)[nH]c2ccccc2c1=O.[HH]. The van der Waals surface area contributed by atoms with Crippen molar-refractivity contribution in [3.05, 3.63) is 45.1 Å². The highest BCUT2D eigenvalue weighted by Crippen LogP contribution is 2.04. The fourth-order valence-electron chi connectivity index (χ4n) is 1.73. The summed E-state index contributed by atoms with van der Waals surface area (Å²) in [4.78, 5) is 26.6. The minimum atomic E-state index is -0.359. The first-order valence-electron chi connectivity index (χ1n) is 5.46. The third kappa shape index (κ3) is 2.29. The molecule has 0 bridgehead atoms. The van der Waals surface area contributed by atoms with Gasteiger partial charge in [-0.3, -0.25) is 9.36 Å². The molecule has 0 aliphatic heterocycles. The fraction of sp³-hybridized carbons (Fsp3) is 0.333. The summed E-state index contributed by atoms with van der Waals surface area (Å²) in [6.07, 6.45) is 0. The van der Waals surface area contributed by atoms with E-state index < -0.39 is 0 Å². The Labute approximate surface area is 105 Å². The molecule has 1 aromatic carbocycles. The van der Waals surface area contributed by atoms with Crippen molar-refractivity contribution in [3.8, 4) is 0 Å². The third-order valence-electron chi connectivity index (χ3n) is 2.70. The van der Waals surface area contributed by atoms with E-state index in [0.29, 0.717) is 23.2 Å². The van der Waals surface area contributed by atoms with Gasteiger partial charge in [0.1, 0.15) is 0 Å². The molecule has 0 amide bonds. The average Bonchev–Trinajstić information content (AvgIpc) is 2.34. The number of H-pyrrole nitrogens is 1. The average molecular weight is 252 g/mol. The zero-order valence-corrected chi connectivity index (χ0v) is 10.4. The molecule has 1 aromatic heterocycles. The van der Waals surface area contributed by atoms with E-state index in [1.165, 1.54) is 4.57 Å². The minimum absolute atomic E-state index is 0. The lowest BCUT2D eigenvalue weighted by atomic mass is 10.2. The van der Waals surface area contributed by atoms with E-state index in [9.17, 15) is 9.59 Å². The maximum atomic E-state index is 12.1. The number of nitrogens with zero attached hydrogens (tertiary/aromatic N) is 1. The van der Waals surface area contributed by atoms with Crippen molar-refractivity contribution < 1.29 is 1.43 Å². The minimum Gasteiger partial charge on any atom is -0.307 e. The Balaban J connectivity index is 0.00000162. The monoisotopic (exact) mass is 252 g/mol. The molecule has 0 spiro atoms. The van der Waals surface area contributed by atoms with Gasteiger partial charge in [0.2, 0.25) is 0 Å². The number of aromatic amines is 1. The number of para-hydroxylation sites is 1. The molecule has 92 valence electrons. The topological polar surface area (TPSA) is 54.9 Å². The van der Waals surface area contributed by atoms with Crippen molar-refractivity contribution in [2.24, 2.45) is 5.92 Å². The summed E-state index contributed by atoms with van der Waals surface area (Å²) in [6, 6.07) is 7.02. The van der Waals surface area contributed by atoms with Crippen LogP contribution in [-0.2, 0) is 6.54 Å². The Hall–Kier alpha value is -1.49. The second-order valence-corrected chi connectivity index (χ2v) is 4.54. The van der Waals surface area contributed by atoms with Gasteiger partial charge in [0.15, 0.2) is 0 Å². The second kappa shape index (κ2) is 4.79. The van der Waals surface area contributed by atoms with Crippen LogP contribution in [0.3, 0.4) is 0 Å². The van der Waals surface area contributed by atoms with E-state index in [1.807, 2.05) is 6.92 Å². The van der Waals surface area contributed by atoms with Crippen LogP contribution in [0.5, 0.6) is 0 Å². The molecule has 1 unspecified atom stereocenters. The first-order valence-corrected chi connectivity index (χ1v) is 6.09. The van der Waals surface area contributed by atoms with Gasteiger partial charge in [-0.1, -0.05) is 19.1 Å². The molecular weight excluding hydrogens is 236 g/mol. The Morgan fingerprint density at radius 2 is 2.12 bits per heavy atom. The van der Waals surface area contributed by atoms with Crippen LogP contribution >= 0.6 is 12.6 Å². The first-order chi connectivity index (χ1) is 8.13. The molecule has 5 heteroatoms. The van der Waals surface area contributed by atoms with Gasteiger partial charge in [0, 0.05) is 7.97 Å². The number of aromatic nitrogens is 2. The molecule has 2 aromatic rings. The second-order valence-electron chi connectivity index (χ2n) is 4.18. The van der Waals surface area contributed by atoms with Gasteiger partial charge < -0.3 is 4.98 Å². The standard InChI is InChI=1S/C12H14N2O2S.H2/c1-8(7-17)6-14-11(15)9-4-2-3-5-10(9)13-12(14)16;/h2-5,8,17H,6-7H2,1H3,(H,13,16);1H. The summed E-state index contributed by atoms with van der Waals surface area (Å²) in [6.45, 7) is 2.34. The van der Waals surface area contributed by atoms with Gasteiger partial charge >= 0.3 is 5.69 Å². The summed E-state index contributed by atoms with van der Waals surface area (Å²) >= 11 is 4.16. The van der Waals surface area contributed by atoms with E-state index in [-0.39, 0.29) is 18.6 Å². The Bertz CT molecular complexity index is 650. The smallest absolute Gasteiger partial charge is 0.307 e. The van der Waals surface area contributed by atoms with Crippen molar-refractivity contribution >= 4 is 23.5 Å². The van der Waals surface area contributed by atoms with Gasteiger partial charge in [0.05, 0.1) is 10.9 Å². The molecule has 1 heterocycles. The molecule has 0 radical (unpaired) electrons. The number of rotatable bonds is 3. The molecular formula is C12H16N2O2S. The highest BCUT2D eigenvalue weighted by Gasteiger charge is 2.09. The van der Waals surface area contributed by atoms with Crippen molar-refractivity contribution in [2.75, 3.05) is 5.75 Å². The number of thiol groups is 1. The molecule has 2 rings (SSSR count). The quantitative estimate of drug-likeness (QED) is 0.813. The Morgan fingerprint density at radius 3 is 2.82 bits per heavy atom. The Kier molecular flexibility index (Phi) is 3.38. The molecule has 0 saturated carbocycles. The maximum Gasteiger partial charge on any atom is 0.328 e. The maximum absolute atomic E-state index is 12.1. The van der Waals surface area contributed by atoms with Crippen LogP contribution in [0.15, 0.2) is 33.9 Å². The zero-order valence-electron chi connectivity index (χ0n) is 9.51. The van der Waals surface area contributed by atoms with E-state index >= 15 is 0 Å². The van der Waals surface area contributed by atoms with Crippen LogP contribution in [0.1, 0.15) is 8.35 Å². The summed E-state index contributed by atoms with van der Waals surface area (Å²) in [5.74, 6) is 0.817. The molecule has 0 aliphatic rings. The molecule has 0 saturated heterocycles. The highest BCUT2D eigenvalue weighted by atomic mass is 32.1. The first kappa shape index (κ1) is 12.0. The summed E-state index contributed by atoms with van der Waals surface area (Å²) in [5.41, 5.74) is -0.0161. The summed E-state index contributed by atoms with van der Waals surface area (Å²) in [7, 11) is 0. The normalized spacial score (nSPS) is 12.8. The Morgan fingerprint density at radius 1 is 1.41 bits per heavy atom. The molecule has 1 atom stereocenters. The number of hydrogen-bond acceptors (Lipinski definition) is 3. The predicted octanol–water partition coefficient (Wildman–Crippen LogP) is 1.50. The van der Waals surface area contributed by atoms with Gasteiger partial charge in [0.25, 0.3) is 5.56 Å². The van der Waals surface area contributed by atoms with Crippen molar-refractivity contribution in [2.45, 2.75) is 13.5 Å². The highest BCUT2D eigenvalue weighted by molar-refractivity contribution is 7.80. The number of benzene rings is 1. The van der Waals surface area contributed by atoms with Gasteiger partial charge in [-0.05, 0) is 23.8 Å². The van der Waals surface area contributed by atoms with Crippen LogP contribution in [0.4, 0.5) is 0 Å². The van der Waals surface area contributed by atoms with E-state index in [1.54, 1.807) is 24.3 Å². The van der Waals surface area contributed by atoms with Crippen LogP contribution in [0.2, 0.25) is 0 Å². The van der Waals surface area contributed by atoms with Crippen LogP contribution in [0, 0.1) is 5.92 Å². The lowest BCUT2D eigenvalue weighted by Crippen LogP contribution is -2.36. The van der Waals surface area contributed by atoms with Crippen LogP contribution < -0.4 is 11.2 Å². The largest absolute Gasteiger partial charge is 0.328 e. The van der Waals surface area contributed by atoms with E-state index in [0.717, 1.165) is 0 Å². The fourth-order valence-corrected chi connectivity index (χ4v) is 1.85. The lowest BCUT2D eigenvalue weighted by molar-refractivity contribution is 0.503. The molecule has 4 nitrogen and oxygen atoms in total. The van der Waals surface area contributed by atoms with Gasteiger partial charge in [-0.15, -0.1) is 0 Å². The third-order valence-corrected chi connectivity index (χ3v) is 3.32. The zero-order chi connectivity index (χ0) is 12.4. The predicted molar refractivity (Wildman–Crippen MR) is 74.0 cm³/mol. The van der Waals surface area contributed by atoms with Crippen molar-refractivity contribution in [1.82, 2.24) is 9.55 Å². The summed E-state index contributed by atoms with van der Waals surface area (Å²) in [5, 5.41) is 0.540. The molecule has 17 heavy (non-hydrogen) atoms. The number of nitrogens with one attached hydrogen (secondary N) is 1. The van der Waals surface area contributed by atoms with Gasteiger partial charge in [-0.2, -0.15) is 12.6 Å². The number of hydrogen-bond donors (Lipinski definition) is 2.